The van der Waals surface area contributed by atoms with Crippen LogP contribution in [0, 0.1) is 16.7 Å². The van der Waals surface area contributed by atoms with Crippen molar-refractivity contribution < 1.29 is 9.53 Å². The van der Waals surface area contributed by atoms with Crippen molar-refractivity contribution in [1.29, 1.82) is 0 Å². The molecular formula is C21H25N3O2S. The van der Waals surface area contributed by atoms with Gasteiger partial charge in [-0.15, -0.1) is 5.10 Å². The molecule has 0 spiro atoms. The first-order valence-corrected chi connectivity index (χ1v) is 10.1. The number of benzene rings is 1. The minimum absolute atomic E-state index is 0.122. The second kappa shape index (κ2) is 6.51. The van der Waals surface area contributed by atoms with Crippen LogP contribution < -0.4 is 10.1 Å². The Kier molecular flexibility index (Phi) is 4.41. The van der Waals surface area contributed by atoms with Crippen molar-refractivity contribution in [2.75, 3.05) is 7.11 Å². The third-order valence-corrected chi connectivity index (χ3v) is 7.74. The molecule has 1 aromatic carbocycles. The average Bonchev–Trinajstić information content (AvgIpc) is 3.17. The third-order valence-electron chi connectivity index (χ3n) is 6.84. The number of nitrogens with zero attached hydrogens (tertiary/aromatic N) is 2. The highest BCUT2D eigenvalue weighted by atomic mass is 32.2. The molecule has 1 heterocycles. The zero-order chi connectivity index (χ0) is 19.2. The van der Waals surface area contributed by atoms with E-state index in [2.05, 4.69) is 36.3 Å². The molecule has 2 saturated carbocycles. The number of methoxy groups -OCH3 is 1. The number of rotatable bonds is 3. The standard InChI is InChI=1S/C21H25N3O2S/c1-20(2)14-9-10-21(20,3)17(12-14)23-24-19-22-18(25)16(27-19)11-13-5-7-15(26-4)8-6-13/h5-8,11,14H,9-10,12H2,1-4H3,(H,22,24,25)/b16-11+,23-17?. The van der Waals surface area contributed by atoms with Crippen LogP contribution in [0.5, 0.6) is 5.75 Å². The van der Waals surface area contributed by atoms with E-state index in [0.29, 0.717) is 16.0 Å². The number of hydrogen-bond acceptors (Lipinski definition) is 5. The van der Waals surface area contributed by atoms with Crippen molar-refractivity contribution in [1.82, 2.24) is 5.32 Å². The Morgan fingerprint density at radius 3 is 2.56 bits per heavy atom. The number of carbonyl (C=O) groups excluding carboxylic acids is 1. The Morgan fingerprint density at radius 2 is 1.96 bits per heavy atom. The van der Waals surface area contributed by atoms with Gasteiger partial charge in [0.2, 0.25) is 0 Å². The van der Waals surface area contributed by atoms with Gasteiger partial charge in [0.1, 0.15) is 5.75 Å². The van der Waals surface area contributed by atoms with E-state index >= 15 is 0 Å². The summed E-state index contributed by atoms with van der Waals surface area (Å²) < 4.78 is 5.16. The van der Waals surface area contributed by atoms with Crippen LogP contribution in [-0.4, -0.2) is 23.9 Å². The first kappa shape index (κ1) is 18.3. The van der Waals surface area contributed by atoms with Crippen LogP contribution in [0.15, 0.2) is 39.4 Å². The van der Waals surface area contributed by atoms with Gasteiger partial charge in [-0.2, -0.15) is 5.10 Å². The largest absolute Gasteiger partial charge is 0.497 e. The SMILES string of the molecule is COc1ccc(/C=C2/S/C(=N/N=C3CC4CCC3(C)C4(C)C)NC2=O)cc1. The Morgan fingerprint density at radius 1 is 1.22 bits per heavy atom. The fraction of sp³-hybridized carbons (Fsp3) is 0.476. The van der Waals surface area contributed by atoms with Gasteiger partial charge in [0.25, 0.3) is 5.91 Å². The summed E-state index contributed by atoms with van der Waals surface area (Å²) >= 11 is 1.34. The number of hydrogen-bond donors (Lipinski definition) is 1. The van der Waals surface area contributed by atoms with Gasteiger partial charge < -0.3 is 4.74 Å². The van der Waals surface area contributed by atoms with E-state index in [9.17, 15) is 4.79 Å². The Bertz CT molecular complexity index is 870. The predicted molar refractivity (Wildman–Crippen MR) is 111 cm³/mol. The van der Waals surface area contributed by atoms with E-state index in [0.717, 1.165) is 17.7 Å². The van der Waals surface area contributed by atoms with Crippen LogP contribution >= 0.6 is 11.8 Å². The molecule has 1 aliphatic heterocycles. The fourth-order valence-corrected chi connectivity index (χ4v) is 5.28. The van der Waals surface area contributed by atoms with Crippen LogP contribution in [0.2, 0.25) is 0 Å². The Balaban J connectivity index is 1.52. The number of amides is 1. The average molecular weight is 384 g/mol. The minimum atomic E-state index is -0.130. The maximum absolute atomic E-state index is 12.2. The molecular weight excluding hydrogens is 358 g/mol. The van der Waals surface area contributed by atoms with Gasteiger partial charge in [-0.05, 0) is 66.1 Å². The molecule has 27 heavy (non-hydrogen) atoms. The van der Waals surface area contributed by atoms with E-state index in [1.54, 1.807) is 7.11 Å². The number of nitrogens with one attached hydrogen (secondary N) is 1. The van der Waals surface area contributed by atoms with Crippen molar-refractivity contribution in [3.63, 3.8) is 0 Å². The highest BCUT2D eigenvalue weighted by Gasteiger charge is 2.60. The lowest BCUT2D eigenvalue weighted by atomic mass is 9.70. The predicted octanol–water partition coefficient (Wildman–Crippen LogP) is 4.46. The highest BCUT2D eigenvalue weighted by molar-refractivity contribution is 8.18. The molecule has 2 unspecified atom stereocenters. The van der Waals surface area contributed by atoms with E-state index in [1.807, 2.05) is 30.3 Å². The van der Waals surface area contributed by atoms with Crippen molar-refractivity contribution in [2.24, 2.45) is 27.0 Å². The zero-order valence-corrected chi connectivity index (χ0v) is 17.0. The van der Waals surface area contributed by atoms with Crippen molar-refractivity contribution >= 4 is 34.6 Å². The summed E-state index contributed by atoms with van der Waals surface area (Å²) in [6.07, 6.45) is 5.33. The van der Waals surface area contributed by atoms with Crippen LogP contribution in [0.1, 0.15) is 45.6 Å². The monoisotopic (exact) mass is 383 g/mol. The highest BCUT2D eigenvalue weighted by Crippen LogP contribution is 2.64. The molecule has 3 fully saturated rings. The number of amidine groups is 1. The maximum atomic E-state index is 12.2. The van der Waals surface area contributed by atoms with E-state index in [1.165, 1.54) is 30.3 Å². The molecule has 5 nitrogen and oxygen atoms in total. The molecule has 3 aliphatic rings. The topological polar surface area (TPSA) is 63.1 Å². The second-order valence-electron chi connectivity index (χ2n) is 8.28. The van der Waals surface area contributed by atoms with Gasteiger partial charge in [0.05, 0.1) is 12.0 Å². The summed E-state index contributed by atoms with van der Waals surface area (Å²) in [5, 5.41) is 12.3. The first-order chi connectivity index (χ1) is 12.8. The van der Waals surface area contributed by atoms with Crippen molar-refractivity contribution in [3.8, 4) is 5.75 Å². The molecule has 1 saturated heterocycles. The molecule has 2 atom stereocenters. The summed E-state index contributed by atoms with van der Waals surface area (Å²) in [6, 6.07) is 7.60. The van der Waals surface area contributed by atoms with E-state index in [4.69, 9.17) is 4.74 Å². The van der Waals surface area contributed by atoms with E-state index in [-0.39, 0.29) is 16.7 Å². The minimum Gasteiger partial charge on any atom is -0.497 e. The molecule has 6 heteroatoms. The lowest BCUT2D eigenvalue weighted by Gasteiger charge is -2.34. The quantitative estimate of drug-likeness (QED) is 0.619. The van der Waals surface area contributed by atoms with Crippen LogP contribution in [0.25, 0.3) is 6.08 Å². The third kappa shape index (κ3) is 3.00. The number of thioether (sulfide) groups is 1. The number of carbonyl (C=O) groups is 1. The Labute approximate surface area is 164 Å². The molecule has 1 aromatic rings. The zero-order valence-electron chi connectivity index (χ0n) is 16.2. The second-order valence-corrected chi connectivity index (χ2v) is 9.31. The van der Waals surface area contributed by atoms with Crippen LogP contribution in [0.4, 0.5) is 0 Å². The lowest BCUT2D eigenvalue weighted by Crippen LogP contribution is -2.32. The normalized spacial score (nSPS) is 33.3. The number of fused-ring (bicyclic) bond motifs is 2. The molecule has 0 aromatic heterocycles. The smallest absolute Gasteiger partial charge is 0.264 e. The summed E-state index contributed by atoms with van der Waals surface area (Å²) in [6.45, 7) is 7.01. The first-order valence-electron chi connectivity index (χ1n) is 9.33. The molecule has 2 bridgehead atoms. The van der Waals surface area contributed by atoms with Gasteiger partial charge in [0, 0.05) is 11.1 Å². The summed E-state index contributed by atoms with van der Waals surface area (Å²) in [5.41, 5.74) is 2.52. The summed E-state index contributed by atoms with van der Waals surface area (Å²) in [7, 11) is 1.63. The van der Waals surface area contributed by atoms with Crippen molar-refractivity contribution in [2.45, 2.75) is 40.0 Å². The molecule has 1 N–H and O–H groups in total. The van der Waals surface area contributed by atoms with Crippen molar-refractivity contribution in [3.05, 3.63) is 34.7 Å². The van der Waals surface area contributed by atoms with Gasteiger partial charge in [0.15, 0.2) is 5.17 Å². The molecule has 1 amide bonds. The molecule has 0 radical (unpaired) electrons. The fourth-order valence-electron chi connectivity index (χ4n) is 4.51. The lowest BCUT2D eigenvalue weighted by molar-refractivity contribution is -0.115. The maximum Gasteiger partial charge on any atom is 0.264 e. The van der Waals surface area contributed by atoms with E-state index < -0.39 is 0 Å². The molecule has 142 valence electrons. The van der Waals surface area contributed by atoms with Crippen LogP contribution in [0.3, 0.4) is 0 Å². The molecule has 4 rings (SSSR count). The van der Waals surface area contributed by atoms with Crippen LogP contribution in [-0.2, 0) is 4.79 Å². The summed E-state index contributed by atoms with van der Waals surface area (Å²) in [4.78, 5) is 12.9. The molecule has 2 aliphatic carbocycles. The summed E-state index contributed by atoms with van der Waals surface area (Å²) in [5.74, 6) is 1.35. The van der Waals surface area contributed by atoms with Gasteiger partial charge in [-0.25, -0.2) is 0 Å². The van der Waals surface area contributed by atoms with Gasteiger partial charge >= 0.3 is 0 Å². The van der Waals surface area contributed by atoms with Gasteiger partial charge in [-0.1, -0.05) is 32.9 Å². The van der Waals surface area contributed by atoms with Gasteiger partial charge in [-0.3, -0.25) is 10.1 Å². The Hall–Kier alpha value is -2.08. The number of ether oxygens (including phenoxy) is 1.